The average molecular weight is 331 g/mol. The van der Waals surface area contributed by atoms with Crippen LogP contribution in [0.25, 0.3) is 0 Å². The Morgan fingerprint density at radius 1 is 1.12 bits per heavy atom. The molecule has 0 aromatic rings. The Morgan fingerprint density at radius 3 is 2.67 bits per heavy atom. The third-order valence-electron chi connectivity index (χ3n) is 9.01. The highest BCUT2D eigenvalue weighted by Gasteiger charge is 2.59. The molecule has 0 unspecified atom stereocenters. The van der Waals surface area contributed by atoms with Gasteiger partial charge in [-0.1, -0.05) is 26.3 Å². The van der Waals surface area contributed by atoms with E-state index < -0.39 is 0 Å². The van der Waals surface area contributed by atoms with Crippen molar-refractivity contribution in [2.75, 3.05) is 6.61 Å². The summed E-state index contributed by atoms with van der Waals surface area (Å²) in [5.41, 5.74) is 2.20. The van der Waals surface area contributed by atoms with E-state index in [4.69, 9.17) is 0 Å². The number of allylic oxidation sites excluding steroid dienone is 1. The molecule has 4 aliphatic rings. The molecule has 2 heteroatoms. The van der Waals surface area contributed by atoms with Gasteiger partial charge >= 0.3 is 0 Å². The predicted octanol–water partition coefficient (Wildman–Crippen LogP) is 4.76. The lowest BCUT2D eigenvalue weighted by atomic mass is 9.46. The molecular formula is C22H34O2. The zero-order valence-corrected chi connectivity index (χ0v) is 15.7. The molecule has 7 atom stereocenters. The molecule has 134 valence electrons. The molecule has 4 rings (SSSR count). The normalized spacial score (nSPS) is 49.0. The van der Waals surface area contributed by atoms with E-state index in [2.05, 4.69) is 20.8 Å². The van der Waals surface area contributed by atoms with Crippen molar-refractivity contribution < 1.29 is 9.90 Å². The molecule has 0 heterocycles. The Balaban J connectivity index is 1.63. The highest BCUT2D eigenvalue weighted by molar-refractivity contribution is 5.91. The van der Waals surface area contributed by atoms with E-state index in [0.717, 1.165) is 37.0 Å². The second-order valence-corrected chi connectivity index (χ2v) is 9.86. The molecule has 0 aromatic carbocycles. The van der Waals surface area contributed by atoms with Crippen LogP contribution in [0.3, 0.4) is 0 Å². The SMILES string of the molecule is C[C@H](CO)[C@@H]1CC[C@@H]2[C@H]3CCC4=CC(=O)CC[C@]4(C)[C@H]3CC[C@@]21C. The molecule has 24 heavy (non-hydrogen) atoms. The fourth-order valence-electron chi connectivity index (χ4n) is 7.66. The molecule has 0 spiro atoms. The minimum atomic E-state index is 0.291. The lowest BCUT2D eigenvalue weighted by Gasteiger charge is -2.58. The van der Waals surface area contributed by atoms with Gasteiger partial charge in [0.05, 0.1) is 0 Å². The van der Waals surface area contributed by atoms with Gasteiger partial charge in [-0.05, 0) is 91.4 Å². The molecular weight excluding hydrogens is 296 g/mol. The Bertz CT molecular complexity index is 564. The molecule has 2 nitrogen and oxygen atoms in total. The monoisotopic (exact) mass is 330 g/mol. The van der Waals surface area contributed by atoms with E-state index >= 15 is 0 Å². The first-order valence-electron chi connectivity index (χ1n) is 10.2. The molecule has 0 radical (unpaired) electrons. The van der Waals surface area contributed by atoms with Gasteiger partial charge in [0.1, 0.15) is 0 Å². The van der Waals surface area contributed by atoms with Crippen molar-refractivity contribution in [3.8, 4) is 0 Å². The predicted molar refractivity (Wildman–Crippen MR) is 96.4 cm³/mol. The molecule has 0 saturated heterocycles. The lowest BCUT2D eigenvalue weighted by molar-refractivity contribution is -0.117. The first-order valence-corrected chi connectivity index (χ1v) is 10.2. The Labute approximate surface area is 147 Å². The Hall–Kier alpha value is -0.630. The maximum Gasteiger partial charge on any atom is 0.155 e. The summed E-state index contributed by atoms with van der Waals surface area (Å²) in [4.78, 5) is 11.9. The van der Waals surface area contributed by atoms with Crippen LogP contribution in [-0.4, -0.2) is 17.5 Å². The van der Waals surface area contributed by atoms with E-state index in [1.54, 1.807) is 0 Å². The number of hydrogen-bond acceptors (Lipinski definition) is 2. The third-order valence-corrected chi connectivity index (χ3v) is 9.01. The molecule has 0 aromatic heterocycles. The molecule has 0 bridgehead atoms. The standard InChI is InChI=1S/C22H34O2/c1-14(13-23)18-6-7-19-17-5-4-15-12-16(24)8-10-21(15,2)20(17)9-11-22(18,19)3/h12,14,17-20,23H,4-11,13H2,1-3H3/t14-,17-,18+,19-,20+,21+,22-/m1/s1. The van der Waals surface area contributed by atoms with Crippen LogP contribution in [0.1, 0.15) is 72.1 Å². The molecule has 0 aliphatic heterocycles. The quantitative estimate of drug-likeness (QED) is 0.792. The van der Waals surface area contributed by atoms with E-state index in [1.807, 2.05) is 6.08 Å². The fraction of sp³-hybridized carbons (Fsp3) is 0.864. The second kappa shape index (κ2) is 5.69. The smallest absolute Gasteiger partial charge is 0.155 e. The maximum atomic E-state index is 11.9. The number of ketones is 1. The van der Waals surface area contributed by atoms with Crippen LogP contribution in [0.2, 0.25) is 0 Å². The van der Waals surface area contributed by atoms with Crippen LogP contribution < -0.4 is 0 Å². The number of carbonyl (C=O) groups excluding carboxylic acids is 1. The summed E-state index contributed by atoms with van der Waals surface area (Å²) in [5, 5.41) is 9.71. The maximum absolute atomic E-state index is 11.9. The summed E-state index contributed by atoms with van der Waals surface area (Å²) in [5.74, 6) is 3.97. The first-order chi connectivity index (χ1) is 11.4. The van der Waals surface area contributed by atoms with E-state index in [9.17, 15) is 9.90 Å². The van der Waals surface area contributed by atoms with Gasteiger partial charge < -0.3 is 5.11 Å². The Kier molecular flexibility index (Phi) is 3.99. The van der Waals surface area contributed by atoms with Gasteiger partial charge in [-0.15, -0.1) is 0 Å². The Morgan fingerprint density at radius 2 is 1.92 bits per heavy atom. The third kappa shape index (κ3) is 2.21. The van der Waals surface area contributed by atoms with Crippen LogP contribution in [-0.2, 0) is 4.79 Å². The highest BCUT2D eigenvalue weighted by atomic mass is 16.3. The zero-order chi connectivity index (χ0) is 17.1. The summed E-state index contributed by atoms with van der Waals surface area (Å²) in [6.45, 7) is 7.59. The minimum Gasteiger partial charge on any atom is -0.396 e. The first kappa shape index (κ1) is 16.8. The van der Waals surface area contributed by atoms with E-state index in [1.165, 1.54) is 37.7 Å². The number of carbonyl (C=O) groups is 1. The number of hydrogen-bond donors (Lipinski definition) is 1. The summed E-state index contributed by atoms with van der Waals surface area (Å²) < 4.78 is 0. The van der Waals surface area contributed by atoms with Gasteiger partial charge in [0.15, 0.2) is 5.78 Å². The van der Waals surface area contributed by atoms with Crippen LogP contribution >= 0.6 is 0 Å². The van der Waals surface area contributed by atoms with Gasteiger partial charge in [-0.3, -0.25) is 4.79 Å². The van der Waals surface area contributed by atoms with Crippen molar-refractivity contribution in [2.45, 2.75) is 72.1 Å². The van der Waals surface area contributed by atoms with E-state index in [0.29, 0.717) is 35.1 Å². The van der Waals surface area contributed by atoms with Crippen molar-refractivity contribution in [3.05, 3.63) is 11.6 Å². The number of aliphatic hydroxyl groups excluding tert-OH is 1. The fourth-order valence-corrected chi connectivity index (χ4v) is 7.66. The van der Waals surface area contributed by atoms with Gasteiger partial charge in [0.2, 0.25) is 0 Å². The van der Waals surface area contributed by atoms with Crippen LogP contribution in [0.5, 0.6) is 0 Å². The van der Waals surface area contributed by atoms with Gasteiger partial charge in [0, 0.05) is 13.0 Å². The van der Waals surface area contributed by atoms with Crippen molar-refractivity contribution in [3.63, 3.8) is 0 Å². The van der Waals surface area contributed by atoms with E-state index in [-0.39, 0.29) is 0 Å². The molecule has 3 saturated carbocycles. The van der Waals surface area contributed by atoms with Crippen molar-refractivity contribution in [1.29, 1.82) is 0 Å². The van der Waals surface area contributed by atoms with Crippen molar-refractivity contribution >= 4 is 5.78 Å². The van der Waals surface area contributed by atoms with Crippen LogP contribution in [0.4, 0.5) is 0 Å². The van der Waals surface area contributed by atoms with Gasteiger partial charge in [-0.25, -0.2) is 0 Å². The topological polar surface area (TPSA) is 37.3 Å². The van der Waals surface area contributed by atoms with Crippen molar-refractivity contribution in [1.82, 2.24) is 0 Å². The average Bonchev–Trinajstić information content (AvgIpc) is 2.92. The number of fused-ring (bicyclic) bond motifs is 5. The number of rotatable bonds is 2. The van der Waals surface area contributed by atoms with Gasteiger partial charge in [0.25, 0.3) is 0 Å². The van der Waals surface area contributed by atoms with Crippen molar-refractivity contribution in [2.24, 2.45) is 40.4 Å². The lowest BCUT2D eigenvalue weighted by Crippen LogP contribution is -2.51. The number of aliphatic hydroxyl groups is 1. The largest absolute Gasteiger partial charge is 0.396 e. The minimum absolute atomic E-state index is 0.291. The summed E-state index contributed by atoms with van der Waals surface area (Å²) in [7, 11) is 0. The summed E-state index contributed by atoms with van der Waals surface area (Å²) in [6, 6.07) is 0. The molecule has 0 amide bonds. The summed E-state index contributed by atoms with van der Waals surface area (Å²) >= 11 is 0. The highest BCUT2D eigenvalue weighted by Crippen LogP contribution is 2.67. The van der Waals surface area contributed by atoms with Crippen LogP contribution in [0, 0.1) is 40.4 Å². The van der Waals surface area contributed by atoms with Crippen LogP contribution in [0.15, 0.2) is 11.6 Å². The second-order valence-electron chi connectivity index (χ2n) is 9.86. The van der Waals surface area contributed by atoms with Gasteiger partial charge in [-0.2, -0.15) is 0 Å². The molecule has 3 fully saturated rings. The summed E-state index contributed by atoms with van der Waals surface area (Å²) in [6.07, 6.45) is 11.6. The zero-order valence-electron chi connectivity index (χ0n) is 15.7. The molecule has 1 N–H and O–H groups in total. The molecule has 4 aliphatic carbocycles.